The van der Waals surface area contributed by atoms with Crippen LogP contribution in [0.15, 0.2) is 53.7 Å². The number of anilines is 1. The third-order valence-corrected chi connectivity index (χ3v) is 6.09. The molecule has 1 aliphatic heterocycles. The Balaban J connectivity index is 1.66. The summed E-state index contributed by atoms with van der Waals surface area (Å²) in [4.78, 5) is 13.1. The van der Waals surface area contributed by atoms with Gasteiger partial charge in [-0.05, 0) is 36.8 Å². The summed E-state index contributed by atoms with van der Waals surface area (Å²) in [7, 11) is 0. The van der Waals surface area contributed by atoms with Gasteiger partial charge in [0.05, 0.1) is 6.04 Å². The second-order valence-corrected chi connectivity index (χ2v) is 8.18. The number of hydrogen-bond donors (Lipinski definition) is 2. The number of nitrogens with one attached hydrogen (secondary N) is 2. The third kappa shape index (κ3) is 3.72. The molecule has 3 aromatic rings. The average Bonchev–Trinajstić information content (AvgIpc) is 3.11. The maximum atomic E-state index is 13.1. The molecule has 2 N–H and O–H groups in total. The van der Waals surface area contributed by atoms with Crippen LogP contribution in [0.25, 0.3) is 0 Å². The molecule has 0 radical (unpaired) electrons. The van der Waals surface area contributed by atoms with E-state index in [1.54, 1.807) is 24.3 Å². The highest BCUT2D eigenvalue weighted by atomic mass is 35.5. The van der Waals surface area contributed by atoms with Crippen molar-refractivity contribution in [2.24, 2.45) is 0 Å². The zero-order chi connectivity index (χ0) is 19.7. The van der Waals surface area contributed by atoms with E-state index >= 15 is 0 Å². The lowest BCUT2D eigenvalue weighted by Crippen LogP contribution is -2.41. The van der Waals surface area contributed by atoms with Crippen molar-refractivity contribution in [3.05, 3.63) is 70.5 Å². The van der Waals surface area contributed by atoms with E-state index in [9.17, 15) is 4.79 Å². The first kappa shape index (κ1) is 18.8. The number of hydrogen-bond acceptors (Lipinski definition) is 5. The number of nitrogens with zero attached hydrogens (tertiary/aromatic N) is 3. The third-order valence-electron chi connectivity index (χ3n) is 4.63. The number of fused-ring (bicyclic) bond motifs is 1. The van der Waals surface area contributed by atoms with Gasteiger partial charge in [0, 0.05) is 17.1 Å². The molecule has 28 heavy (non-hydrogen) atoms. The number of carbonyl (C=O) groups is 1. The molecule has 2 atom stereocenters. The normalized spacial score (nSPS) is 18.2. The fourth-order valence-corrected chi connectivity index (χ4v) is 4.32. The van der Waals surface area contributed by atoms with Gasteiger partial charge in [-0.2, -0.15) is 0 Å². The van der Waals surface area contributed by atoms with Crippen LogP contribution in [0, 0.1) is 6.92 Å². The van der Waals surface area contributed by atoms with Gasteiger partial charge in [-0.25, -0.2) is 4.68 Å². The zero-order valence-corrected chi connectivity index (χ0v) is 17.1. The molecule has 0 spiro atoms. The molecule has 0 saturated carbocycles. The van der Waals surface area contributed by atoms with Crippen molar-refractivity contribution in [3.63, 3.8) is 0 Å². The summed E-state index contributed by atoms with van der Waals surface area (Å²) < 4.78 is 1.89. The number of rotatable bonds is 4. The number of aryl methyl sites for hydroxylation is 2. The van der Waals surface area contributed by atoms with Gasteiger partial charge < -0.3 is 10.7 Å². The van der Waals surface area contributed by atoms with E-state index in [0.717, 1.165) is 17.8 Å². The van der Waals surface area contributed by atoms with Crippen LogP contribution >= 0.6 is 23.4 Å². The summed E-state index contributed by atoms with van der Waals surface area (Å²) in [6.07, 6.45) is 0.753. The Morgan fingerprint density at radius 3 is 2.57 bits per heavy atom. The topological polar surface area (TPSA) is 71.8 Å². The van der Waals surface area contributed by atoms with Crippen LogP contribution in [0.2, 0.25) is 5.02 Å². The predicted molar refractivity (Wildman–Crippen MR) is 112 cm³/mol. The molecule has 1 aromatic heterocycles. The second kappa shape index (κ2) is 7.85. The lowest BCUT2D eigenvalue weighted by Gasteiger charge is -2.33. The van der Waals surface area contributed by atoms with Crippen LogP contribution < -0.4 is 10.7 Å². The summed E-state index contributed by atoms with van der Waals surface area (Å²) in [5, 5.41) is 12.4. The van der Waals surface area contributed by atoms with Gasteiger partial charge in [-0.15, -0.1) is 10.2 Å². The highest BCUT2D eigenvalue weighted by Gasteiger charge is 2.37. The van der Waals surface area contributed by atoms with E-state index in [1.165, 1.54) is 17.3 Å². The predicted octanol–water partition coefficient (Wildman–Crippen LogP) is 4.20. The van der Waals surface area contributed by atoms with Crippen LogP contribution in [-0.4, -0.2) is 26.0 Å². The first-order valence-corrected chi connectivity index (χ1v) is 10.3. The Bertz CT molecular complexity index is 987. The van der Waals surface area contributed by atoms with Crippen molar-refractivity contribution in [1.82, 2.24) is 14.9 Å². The van der Waals surface area contributed by atoms with Crippen molar-refractivity contribution in [2.75, 3.05) is 10.7 Å². The van der Waals surface area contributed by atoms with Crippen LogP contribution in [0.4, 0.5) is 5.69 Å². The van der Waals surface area contributed by atoms with E-state index in [1.807, 2.05) is 18.5 Å². The number of halogens is 1. The molecule has 6 nitrogen and oxygen atoms in total. The Morgan fingerprint density at radius 2 is 1.89 bits per heavy atom. The zero-order valence-electron chi connectivity index (χ0n) is 15.5. The maximum absolute atomic E-state index is 13.1. The molecule has 4 rings (SSSR count). The molecule has 0 bridgehead atoms. The number of amides is 1. The molecule has 0 aliphatic carbocycles. The molecule has 2 aromatic carbocycles. The molecule has 0 unspecified atom stereocenters. The Labute approximate surface area is 172 Å². The fourth-order valence-electron chi connectivity index (χ4n) is 3.10. The van der Waals surface area contributed by atoms with Crippen molar-refractivity contribution < 1.29 is 4.79 Å². The molecular formula is C20H20ClN5OS. The average molecular weight is 414 g/mol. The molecule has 1 aliphatic rings. The quantitative estimate of drug-likeness (QED) is 0.670. The van der Waals surface area contributed by atoms with Crippen molar-refractivity contribution in [2.45, 2.75) is 36.7 Å². The van der Waals surface area contributed by atoms with Crippen molar-refractivity contribution >= 4 is 35.0 Å². The number of carbonyl (C=O) groups excluding carboxylic acids is 1. The smallest absolute Gasteiger partial charge is 0.240 e. The van der Waals surface area contributed by atoms with E-state index in [-0.39, 0.29) is 11.9 Å². The Hall–Kier alpha value is -2.51. The van der Waals surface area contributed by atoms with Crippen molar-refractivity contribution in [1.29, 1.82) is 0 Å². The van der Waals surface area contributed by atoms with Crippen LogP contribution in [-0.2, 0) is 11.2 Å². The second-order valence-electron chi connectivity index (χ2n) is 6.64. The monoisotopic (exact) mass is 413 g/mol. The first-order valence-electron chi connectivity index (χ1n) is 9.05. The summed E-state index contributed by atoms with van der Waals surface area (Å²) in [5.74, 6) is 0.744. The molecule has 1 amide bonds. The van der Waals surface area contributed by atoms with Gasteiger partial charge >= 0.3 is 0 Å². The Morgan fingerprint density at radius 1 is 1.18 bits per heavy atom. The fraction of sp³-hybridized carbons (Fsp3) is 0.250. The summed E-state index contributed by atoms with van der Waals surface area (Å²) in [5.41, 5.74) is 6.37. The van der Waals surface area contributed by atoms with E-state index in [0.29, 0.717) is 15.9 Å². The largest absolute Gasteiger partial charge is 0.325 e. The van der Waals surface area contributed by atoms with Gasteiger partial charge in [0.1, 0.15) is 5.25 Å². The minimum Gasteiger partial charge on any atom is -0.325 e. The minimum absolute atomic E-state index is 0.0994. The lowest BCUT2D eigenvalue weighted by atomic mass is 10.0. The van der Waals surface area contributed by atoms with E-state index < -0.39 is 5.25 Å². The standard InChI is InChI=1S/C20H20ClN5OS/c1-3-16-23-24-20-26(16)25-17(13-6-4-12(2)5-7-13)18(28-20)19(27)22-15-10-8-14(21)9-11-15/h4-11,17-18,25H,3H2,1-2H3,(H,22,27)/t17-,18+/m0/s1. The molecule has 144 valence electrons. The summed E-state index contributed by atoms with van der Waals surface area (Å²) in [6.45, 7) is 4.08. The van der Waals surface area contributed by atoms with E-state index in [4.69, 9.17) is 11.6 Å². The van der Waals surface area contributed by atoms with Gasteiger partial charge in [0.15, 0.2) is 5.82 Å². The summed E-state index contributed by atoms with van der Waals surface area (Å²) in [6, 6.07) is 15.1. The maximum Gasteiger partial charge on any atom is 0.240 e. The molecule has 0 saturated heterocycles. The van der Waals surface area contributed by atoms with Gasteiger partial charge in [0.2, 0.25) is 11.1 Å². The molecule has 2 heterocycles. The first-order chi connectivity index (χ1) is 13.5. The number of aromatic nitrogens is 3. The SMILES string of the molecule is CCc1nnc2n1N[C@@H](c1ccc(C)cc1)[C@H](C(=O)Nc1ccc(Cl)cc1)S2. The minimum atomic E-state index is -0.403. The van der Waals surface area contributed by atoms with Gasteiger partial charge in [-0.3, -0.25) is 4.79 Å². The van der Waals surface area contributed by atoms with Crippen molar-refractivity contribution in [3.8, 4) is 0 Å². The lowest BCUT2D eigenvalue weighted by molar-refractivity contribution is -0.116. The van der Waals surface area contributed by atoms with Crippen LogP contribution in [0.3, 0.4) is 0 Å². The molecule has 8 heteroatoms. The Kier molecular flexibility index (Phi) is 5.28. The number of thioether (sulfide) groups is 1. The highest BCUT2D eigenvalue weighted by molar-refractivity contribution is 8.00. The highest BCUT2D eigenvalue weighted by Crippen LogP contribution is 2.37. The van der Waals surface area contributed by atoms with Crippen LogP contribution in [0.5, 0.6) is 0 Å². The molecular weight excluding hydrogens is 394 g/mol. The van der Waals surface area contributed by atoms with Gasteiger partial charge in [-0.1, -0.05) is 60.1 Å². The number of benzene rings is 2. The van der Waals surface area contributed by atoms with Crippen LogP contribution in [0.1, 0.15) is 29.9 Å². The van der Waals surface area contributed by atoms with E-state index in [2.05, 4.69) is 45.2 Å². The van der Waals surface area contributed by atoms with Gasteiger partial charge in [0.25, 0.3) is 0 Å². The molecule has 0 fully saturated rings. The summed E-state index contributed by atoms with van der Waals surface area (Å²) >= 11 is 7.36.